The van der Waals surface area contributed by atoms with E-state index in [4.69, 9.17) is 23.8 Å². The van der Waals surface area contributed by atoms with Gasteiger partial charge in [-0.05, 0) is 49.0 Å². The lowest BCUT2D eigenvalue weighted by Gasteiger charge is -2.09. The first-order chi connectivity index (χ1) is 13.4. The summed E-state index contributed by atoms with van der Waals surface area (Å²) < 4.78 is 1.49. The molecule has 0 unspecified atom stereocenters. The number of allylic oxidation sites excluding steroid dienone is 1. The molecule has 2 heterocycles. The van der Waals surface area contributed by atoms with E-state index in [9.17, 15) is 9.90 Å². The molecule has 0 spiro atoms. The van der Waals surface area contributed by atoms with Gasteiger partial charge in [0.25, 0.3) is 5.91 Å². The van der Waals surface area contributed by atoms with Gasteiger partial charge in [-0.25, -0.2) is 0 Å². The molecule has 0 aliphatic carbocycles. The molecule has 0 saturated carbocycles. The molecule has 1 aliphatic heterocycles. The number of aryl methyl sites for hydroxylation is 1. The van der Waals surface area contributed by atoms with Crippen molar-refractivity contribution in [2.24, 2.45) is 4.99 Å². The maximum absolute atomic E-state index is 12.6. The summed E-state index contributed by atoms with van der Waals surface area (Å²) in [5.41, 5.74) is 6.57. The summed E-state index contributed by atoms with van der Waals surface area (Å²) in [6.07, 6.45) is 3.54. The highest BCUT2D eigenvalue weighted by Crippen LogP contribution is 2.35. The quantitative estimate of drug-likeness (QED) is 0.535. The van der Waals surface area contributed by atoms with Crippen LogP contribution in [0.1, 0.15) is 26.4 Å². The zero-order valence-corrected chi connectivity index (χ0v) is 17.0. The van der Waals surface area contributed by atoms with E-state index in [-0.39, 0.29) is 5.88 Å². The number of fused-ring (bicyclic) bond motifs is 1. The summed E-state index contributed by atoms with van der Waals surface area (Å²) in [4.78, 5) is 17.4. The second-order valence-electron chi connectivity index (χ2n) is 6.19. The molecular weight excluding hydrogens is 414 g/mol. The van der Waals surface area contributed by atoms with Crippen molar-refractivity contribution < 1.29 is 9.90 Å². The fraction of sp³-hybridized carbons (Fsp3) is 0.0500. The van der Waals surface area contributed by atoms with E-state index in [1.165, 1.54) is 16.0 Å². The Labute approximate surface area is 175 Å². The minimum absolute atomic E-state index is 0.142. The zero-order chi connectivity index (χ0) is 19.8. The number of aromatic nitrogens is 1. The van der Waals surface area contributed by atoms with Gasteiger partial charge in [0.1, 0.15) is 0 Å². The predicted molar refractivity (Wildman–Crippen MR) is 117 cm³/mol. The van der Waals surface area contributed by atoms with Gasteiger partial charge in [0, 0.05) is 17.4 Å². The number of benzene rings is 2. The van der Waals surface area contributed by atoms with Crippen molar-refractivity contribution in [3.05, 3.63) is 73.0 Å². The number of carbonyl (C=O) groups is 1. The molecule has 1 aromatic heterocycles. The number of amides is 1. The number of rotatable bonds is 3. The smallest absolute Gasteiger partial charge is 0.271 e. The molecule has 2 N–H and O–H groups in total. The summed E-state index contributed by atoms with van der Waals surface area (Å²) in [6, 6.07) is 12.9. The Morgan fingerprint density at radius 2 is 2.11 bits per heavy atom. The standard InChI is InChI=1S/C20H14ClN3O2S2/c1-11-6-7-14(15(21)8-11)18(25)23-24-19(26)17(28-20(24)27)9-12-10-22-16-5-3-2-4-13(12)16/h2-10,26H,1H3,(H,23,25). The first-order valence-corrected chi connectivity index (χ1v) is 9.92. The molecule has 0 radical (unpaired) electrons. The molecule has 5 nitrogen and oxygen atoms in total. The zero-order valence-electron chi connectivity index (χ0n) is 14.6. The third-order valence-electron chi connectivity index (χ3n) is 4.24. The Morgan fingerprint density at radius 1 is 1.32 bits per heavy atom. The molecule has 8 heteroatoms. The van der Waals surface area contributed by atoms with Crippen molar-refractivity contribution in [1.82, 2.24) is 4.68 Å². The molecule has 3 aromatic rings. The third-order valence-corrected chi connectivity index (χ3v) is 5.86. The van der Waals surface area contributed by atoms with Crippen LogP contribution in [0.15, 0.2) is 47.5 Å². The lowest BCUT2D eigenvalue weighted by Crippen LogP contribution is -2.22. The van der Waals surface area contributed by atoms with E-state index in [2.05, 4.69) is 10.4 Å². The van der Waals surface area contributed by atoms with E-state index < -0.39 is 5.91 Å². The molecule has 2 aromatic carbocycles. The number of aromatic hydroxyl groups is 1. The van der Waals surface area contributed by atoms with Crippen molar-refractivity contribution in [3.8, 4) is 5.88 Å². The van der Waals surface area contributed by atoms with E-state index in [0.717, 1.165) is 22.4 Å². The Kier molecular flexibility index (Phi) is 4.89. The molecule has 0 bridgehead atoms. The third kappa shape index (κ3) is 3.40. The number of nitrogens with zero attached hydrogens (tertiary/aromatic N) is 2. The van der Waals surface area contributed by atoms with Crippen LogP contribution < -0.4 is 5.43 Å². The Morgan fingerprint density at radius 3 is 2.89 bits per heavy atom. The number of hydrogen-bond donors (Lipinski definition) is 2. The van der Waals surface area contributed by atoms with Gasteiger partial charge in [-0.2, -0.15) is 4.68 Å². The van der Waals surface area contributed by atoms with Gasteiger partial charge >= 0.3 is 0 Å². The molecule has 28 heavy (non-hydrogen) atoms. The normalized spacial score (nSPS) is 13.7. The molecule has 0 saturated heterocycles. The number of aliphatic imine (C=N–C) groups is 1. The maximum atomic E-state index is 12.6. The van der Waals surface area contributed by atoms with Gasteiger partial charge < -0.3 is 5.11 Å². The maximum Gasteiger partial charge on any atom is 0.271 e. The number of hydrogen-bond acceptors (Lipinski definition) is 5. The first kappa shape index (κ1) is 18.6. The van der Waals surface area contributed by atoms with Crippen LogP contribution in [0.25, 0.3) is 11.6 Å². The highest BCUT2D eigenvalue weighted by molar-refractivity contribution is 7.73. The second kappa shape index (κ2) is 7.35. The molecule has 4 rings (SSSR count). The minimum atomic E-state index is -0.457. The van der Waals surface area contributed by atoms with Crippen LogP contribution in [0.5, 0.6) is 5.88 Å². The van der Waals surface area contributed by atoms with Crippen molar-refractivity contribution in [2.75, 3.05) is 5.43 Å². The Balaban J connectivity index is 1.66. The second-order valence-corrected chi connectivity index (χ2v) is 8.27. The Bertz CT molecular complexity index is 1220. The summed E-state index contributed by atoms with van der Waals surface area (Å²) in [5.74, 6) is -0.599. The van der Waals surface area contributed by atoms with Crippen LogP contribution >= 0.6 is 35.2 Å². The summed E-state index contributed by atoms with van der Waals surface area (Å²) in [6.45, 7) is 1.89. The SMILES string of the molecule is Cc1ccc(C(=O)Nn2c(O)c(C=C3C=Nc4ccccc43)sc2=S)c(Cl)c1. The number of nitrogens with one attached hydrogen (secondary N) is 1. The number of carbonyl (C=O) groups excluding carboxylic acids is 1. The van der Waals surface area contributed by atoms with Gasteiger partial charge in [0.2, 0.25) is 5.88 Å². The van der Waals surface area contributed by atoms with E-state index in [1.54, 1.807) is 30.5 Å². The average Bonchev–Trinajstić information content (AvgIpc) is 3.18. The molecule has 0 atom stereocenters. The van der Waals surface area contributed by atoms with E-state index in [1.807, 2.05) is 31.2 Å². The predicted octanol–water partition coefficient (Wildman–Crippen LogP) is 5.59. The van der Waals surface area contributed by atoms with Gasteiger partial charge in [-0.1, -0.05) is 47.2 Å². The van der Waals surface area contributed by atoms with Crippen molar-refractivity contribution >= 4 is 64.6 Å². The summed E-state index contributed by atoms with van der Waals surface area (Å²) in [5, 5.41) is 10.9. The topological polar surface area (TPSA) is 66.6 Å². The molecule has 140 valence electrons. The van der Waals surface area contributed by atoms with Crippen LogP contribution in [0.2, 0.25) is 5.02 Å². The molecular formula is C20H14ClN3O2S2. The number of halogens is 1. The molecule has 0 fully saturated rings. The van der Waals surface area contributed by atoms with Crippen LogP contribution in [-0.2, 0) is 0 Å². The lowest BCUT2D eigenvalue weighted by molar-refractivity contribution is 0.101. The van der Waals surface area contributed by atoms with Gasteiger partial charge in [-0.3, -0.25) is 15.2 Å². The van der Waals surface area contributed by atoms with Gasteiger partial charge in [-0.15, -0.1) is 0 Å². The van der Waals surface area contributed by atoms with E-state index >= 15 is 0 Å². The first-order valence-electron chi connectivity index (χ1n) is 8.31. The molecule has 1 amide bonds. The van der Waals surface area contributed by atoms with E-state index in [0.29, 0.717) is 19.4 Å². The van der Waals surface area contributed by atoms with Crippen LogP contribution in [0, 0.1) is 10.9 Å². The summed E-state index contributed by atoms with van der Waals surface area (Å²) >= 11 is 12.7. The molecule has 1 aliphatic rings. The Hall–Kier alpha value is -2.74. The lowest BCUT2D eigenvalue weighted by atomic mass is 10.1. The monoisotopic (exact) mass is 427 g/mol. The summed E-state index contributed by atoms with van der Waals surface area (Å²) in [7, 11) is 0. The van der Waals surface area contributed by atoms with Crippen molar-refractivity contribution in [2.45, 2.75) is 6.92 Å². The largest absolute Gasteiger partial charge is 0.492 e. The minimum Gasteiger partial charge on any atom is -0.492 e. The van der Waals surface area contributed by atoms with Gasteiger partial charge in [0.05, 0.1) is 21.2 Å². The highest BCUT2D eigenvalue weighted by atomic mass is 35.5. The van der Waals surface area contributed by atoms with Gasteiger partial charge in [0.15, 0.2) is 3.95 Å². The average molecular weight is 428 g/mol. The van der Waals surface area contributed by atoms with Crippen molar-refractivity contribution in [1.29, 1.82) is 0 Å². The fourth-order valence-corrected chi connectivity index (χ4v) is 4.34. The fourth-order valence-electron chi connectivity index (χ4n) is 2.84. The van der Waals surface area contributed by atoms with Crippen LogP contribution in [0.3, 0.4) is 0 Å². The van der Waals surface area contributed by atoms with Crippen molar-refractivity contribution in [3.63, 3.8) is 0 Å². The van der Waals surface area contributed by atoms with Crippen LogP contribution in [0.4, 0.5) is 5.69 Å². The van der Waals surface area contributed by atoms with Crippen LogP contribution in [-0.4, -0.2) is 21.9 Å². The highest BCUT2D eigenvalue weighted by Gasteiger charge is 2.18. The number of thiazole rings is 1. The number of para-hydroxylation sites is 1.